The number of Topliss-reactive ketones (excluding diaryl/α,β-unsaturated/α-hetero) is 1. The highest BCUT2D eigenvalue weighted by atomic mass is 35.5. The summed E-state index contributed by atoms with van der Waals surface area (Å²) >= 11 is 5.73. The van der Waals surface area contributed by atoms with Crippen LogP contribution < -0.4 is 0 Å². The monoisotopic (exact) mass is 198 g/mol. The van der Waals surface area contributed by atoms with Gasteiger partial charge in [-0.15, -0.1) is 0 Å². The van der Waals surface area contributed by atoms with Crippen molar-refractivity contribution < 1.29 is 9.90 Å². The van der Waals surface area contributed by atoms with Gasteiger partial charge in [-0.2, -0.15) is 0 Å². The Morgan fingerprint density at radius 3 is 2.85 bits per heavy atom. The number of aliphatic hydroxyl groups excluding tert-OH is 1. The molecule has 1 atom stereocenters. The van der Waals surface area contributed by atoms with Crippen molar-refractivity contribution >= 4 is 17.4 Å². The summed E-state index contributed by atoms with van der Waals surface area (Å²) in [6.07, 6.45) is -0.600. The highest BCUT2D eigenvalue weighted by Crippen LogP contribution is 2.20. The molecule has 13 heavy (non-hydrogen) atoms. The molecule has 0 spiro atoms. The molecule has 0 aliphatic rings. The molecule has 1 rings (SSSR count). The second kappa shape index (κ2) is 4.40. The Morgan fingerprint density at radius 1 is 1.62 bits per heavy atom. The highest BCUT2D eigenvalue weighted by molar-refractivity contribution is 6.30. The molecule has 1 N–H and O–H groups in total. The quantitative estimate of drug-likeness (QED) is 0.810. The minimum Gasteiger partial charge on any atom is -0.388 e. The molecule has 3 heteroatoms. The topological polar surface area (TPSA) is 37.3 Å². The maximum absolute atomic E-state index is 10.7. The van der Waals surface area contributed by atoms with Crippen molar-refractivity contribution in [1.82, 2.24) is 0 Å². The minimum absolute atomic E-state index is 0.0347. The molecule has 0 saturated heterocycles. The van der Waals surface area contributed by atoms with Gasteiger partial charge in [0.25, 0.3) is 0 Å². The molecule has 0 unspecified atom stereocenters. The summed E-state index contributed by atoms with van der Waals surface area (Å²) in [5.41, 5.74) is 0.683. The molecule has 0 saturated carbocycles. The molecule has 0 fully saturated rings. The van der Waals surface area contributed by atoms with Gasteiger partial charge in [-0.25, -0.2) is 0 Å². The molecule has 0 aliphatic heterocycles. The van der Waals surface area contributed by atoms with E-state index < -0.39 is 6.10 Å². The van der Waals surface area contributed by atoms with E-state index in [4.69, 9.17) is 11.6 Å². The number of hydrogen-bond donors (Lipinski definition) is 1. The Balaban J connectivity index is 2.76. The van der Waals surface area contributed by atoms with E-state index in [1.54, 1.807) is 24.3 Å². The van der Waals surface area contributed by atoms with Gasteiger partial charge in [0.2, 0.25) is 0 Å². The Kier molecular flexibility index (Phi) is 3.46. The Hall–Kier alpha value is -0.860. The van der Waals surface area contributed by atoms with Crippen molar-refractivity contribution in [3.05, 3.63) is 34.9 Å². The van der Waals surface area contributed by atoms with Gasteiger partial charge in [-0.3, -0.25) is 4.79 Å². The average molecular weight is 199 g/mol. The number of carbonyl (C=O) groups excluding carboxylic acids is 1. The lowest BCUT2D eigenvalue weighted by atomic mass is 10.1. The molecule has 2 nitrogen and oxygen atoms in total. The molecule has 0 aromatic heterocycles. The zero-order valence-corrected chi connectivity index (χ0v) is 8.08. The molecule has 1 aromatic rings. The van der Waals surface area contributed by atoms with Crippen LogP contribution in [0.25, 0.3) is 0 Å². The number of hydrogen-bond acceptors (Lipinski definition) is 2. The standard InChI is InChI=1S/C10H11ClO2/c1-7(12)5-10(13)8-3-2-4-9(11)6-8/h2-4,6,10,13H,5H2,1H3/t10-/m1/s1. The van der Waals surface area contributed by atoms with E-state index in [1.165, 1.54) is 6.92 Å². The molecule has 1 aromatic carbocycles. The molecule has 0 radical (unpaired) electrons. The maximum Gasteiger partial charge on any atom is 0.132 e. The fraction of sp³-hybridized carbons (Fsp3) is 0.300. The van der Waals surface area contributed by atoms with Gasteiger partial charge in [-0.1, -0.05) is 23.7 Å². The van der Waals surface area contributed by atoms with Crippen LogP contribution >= 0.6 is 11.6 Å². The summed E-state index contributed by atoms with van der Waals surface area (Å²) in [5, 5.41) is 10.1. The first kappa shape index (κ1) is 10.2. The van der Waals surface area contributed by atoms with Crippen LogP contribution in [0.5, 0.6) is 0 Å². The molecule has 0 amide bonds. The van der Waals surface area contributed by atoms with Gasteiger partial charge in [0, 0.05) is 11.4 Å². The predicted octanol–water partition coefficient (Wildman–Crippen LogP) is 2.35. The van der Waals surface area contributed by atoms with E-state index in [-0.39, 0.29) is 12.2 Å². The molecule has 0 bridgehead atoms. The lowest BCUT2D eigenvalue weighted by Gasteiger charge is -2.08. The maximum atomic E-state index is 10.7. The van der Waals surface area contributed by atoms with Crippen LogP contribution in [-0.4, -0.2) is 10.9 Å². The first-order valence-corrected chi connectivity index (χ1v) is 4.40. The summed E-state index contributed by atoms with van der Waals surface area (Å²) in [6, 6.07) is 6.89. The number of aliphatic hydroxyl groups is 1. The SMILES string of the molecule is CC(=O)C[C@@H](O)c1cccc(Cl)c1. The van der Waals surface area contributed by atoms with E-state index >= 15 is 0 Å². The van der Waals surface area contributed by atoms with E-state index in [0.29, 0.717) is 10.6 Å². The van der Waals surface area contributed by atoms with Crippen molar-refractivity contribution in [2.45, 2.75) is 19.4 Å². The smallest absolute Gasteiger partial charge is 0.132 e. The third-order valence-electron chi connectivity index (χ3n) is 1.71. The summed E-state index contributed by atoms with van der Waals surface area (Å²) in [5.74, 6) is -0.0347. The van der Waals surface area contributed by atoms with Crippen LogP contribution in [0.2, 0.25) is 5.02 Å². The van der Waals surface area contributed by atoms with E-state index in [9.17, 15) is 9.90 Å². The third kappa shape index (κ3) is 3.17. The second-order valence-corrected chi connectivity index (χ2v) is 3.41. The first-order chi connectivity index (χ1) is 6.09. The van der Waals surface area contributed by atoms with Gasteiger partial charge < -0.3 is 5.11 Å². The Labute approximate surface area is 82.2 Å². The summed E-state index contributed by atoms with van der Waals surface area (Å²) < 4.78 is 0. The zero-order chi connectivity index (χ0) is 9.84. The highest BCUT2D eigenvalue weighted by Gasteiger charge is 2.09. The zero-order valence-electron chi connectivity index (χ0n) is 7.33. The van der Waals surface area contributed by atoms with Crippen LogP contribution in [0.3, 0.4) is 0 Å². The average Bonchev–Trinajstić information content (AvgIpc) is 2.03. The van der Waals surface area contributed by atoms with E-state index in [2.05, 4.69) is 0 Å². The van der Waals surface area contributed by atoms with Gasteiger partial charge in [0.1, 0.15) is 5.78 Å². The molecule has 0 aliphatic carbocycles. The minimum atomic E-state index is -0.740. The fourth-order valence-electron chi connectivity index (χ4n) is 1.10. The summed E-state index contributed by atoms with van der Waals surface area (Å²) in [6.45, 7) is 1.45. The van der Waals surface area contributed by atoms with Crippen LogP contribution in [0.1, 0.15) is 25.0 Å². The van der Waals surface area contributed by atoms with Crippen LogP contribution in [0, 0.1) is 0 Å². The fourth-order valence-corrected chi connectivity index (χ4v) is 1.30. The Bertz CT molecular complexity index is 310. The van der Waals surface area contributed by atoms with Crippen molar-refractivity contribution in [2.24, 2.45) is 0 Å². The largest absolute Gasteiger partial charge is 0.388 e. The Morgan fingerprint density at radius 2 is 2.31 bits per heavy atom. The van der Waals surface area contributed by atoms with Crippen molar-refractivity contribution in [1.29, 1.82) is 0 Å². The lowest BCUT2D eigenvalue weighted by Crippen LogP contribution is -2.02. The lowest BCUT2D eigenvalue weighted by molar-refractivity contribution is -0.118. The van der Waals surface area contributed by atoms with Crippen LogP contribution in [-0.2, 0) is 4.79 Å². The van der Waals surface area contributed by atoms with Gasteiger partial charge in [0.15, 0.2) is 0 Å². The van der Waals surface area contributed by atoms with Crippen LogP contribution in [0.15, 0.2) is 24.3 Å². The molecular formula is C10H11ClO2. The third-order valence-corrected chi connectivity index (χ3v) is 1.95. The van der Waals surface area contributed by atoms with Gasteiger partial charge >= 0.3 is 0 Å². The van der Waals surface area contributed by atoms with Crippen molar-refractivity contribution in [3.63, 3.8) is 0 Å². The molecule has 0 heterocycles. The number of ketones is 1. The predicted molar refractivity (Wildman–Crippen MR) is 51.7 cm³/mol. The van der Waals surface area contributed by atoms with Gasteiger partial charge in [0.05, 0.1) is 6.10 Å². The van der Waals surface area contributed by atoms with E-state index in [1.807, 2.05) is 0 Å². The van der Waals surface area contributed by atoms with E-state index in [0.717, 1.165) is 0 Å². The normalized spacial score (nSPS) is 12.5. The molecular weight excluding hydrogens is 188 g/mol. The number of benzene rings is 1. The molecule has 70 valence electrons. The first-order valence-electron chi connectivity index (χ1n) is 4.02. The number of halogens is 1. The summed E-state index contributed by atoms with van der Waals surface area (Å²) in [7, 11) is 0. The van der Waals surface area contributed by atoms with Gasteiger partial charge in [-0.05, 0) is 24.6 Å². The van der Waals surface area contributed by atoms with Crippen LogP contribution in [0.4, 0.5) is 0 Å². The van der Waals surface area contributed by atoms with Crippen molar-refractivity contribution in [3.8, 4) is 0 Å². The van der Waals surface area contributed by atoms with Crippen molar-refractivity contribution in [2.75, 3.05) is 0 Å². The number of rotatable bonds is 3. The summed E-state index contributed by atoms with van der Waals surface area (Å²) in [4.78, 5) is 10.7. The second-order valence-electron chi connectivity index (χ2n) is 2.98. The number of carbonyl (C=O) groups is 1.